The average Bonchev–Trinajstić information content (AvgIpc) is 3.60. The van der Waals surface area contributed by atoms with Crippen molar-refractivity contribution in [2.45, 2.75) is 78.6 Å². The second-order valence-corrected chi connectivity index (χ2v) is 17.9. The monoisotopic (exact) mass is 662 g/mol. The van der Waals surface area contributed by atoms with Crippen LogP contribution in [-0.2, 0) is 16.2 Å². The summed E-state index contributed by atoms with van der Waals surface area (Å²) in [5, 5.41) is 2.56. The van der Waals surface area contributed by atoms with Crippen molar-refractivity contribution in [3.63, 3.8) is 0 Å². The van der Waals surface area contributed by atoms with Crippen LogP contribution in [0.5, 0.6) is 0 Å². The first-order valence-electron chi connectivity index (χ1n) is 18.6. The van der Waals surface area contributed by atoms with Crippen LogP contribution in [0.15, 0.2) is 121 Å². The van der Waals surface area contributed by atoms with E-state index in [9.17, 15) is 0 Å². The lowest BCUT2D eigenvalue weighted by molar-refractivity contribution is 0.590. The van der Waals surface area contributed by atoms with Gasteiger partial charge in [0.05, 0.1) is 11.0 Å². The molecule has 0 atom stereocenters. The summed E-state index contributed by atoms with van der Waals surface area (Å²) < 4.78 is 2.48. The fourth-order valence-corrected chi connectivity index (χ4v) is 8.63. The number of fused-ring (bicyclic) bond motifs is 8. The molecule has 1 aromatic heterocycles. The van der Waals surface area contributed by atoms with Crippen molar-refractivity contribution < 1.29 is 0 Å². The number of benzene rings is 6. The molecule has 0 fully saturated rings. The maximum Gasteiger partial charge on any atom is 0.248 e. The molecule has 6 aromatic carbocycles. The Morgan fingerprint density at radius 3 is 1.55 bits per heavy atom. The molecule has 0 radical (unpaired) electrons. The Morgan fingerprint density at radius 2 is 0.961 bits per heavy atom. The normalized spacial score (nSPS) is 13.9. The fourth-order valence-electron chi connectivity index (χ4n) is 8.63. The maximum atomic E-state index is 2.55. The molecule has 0 aliphatic carbocycles. The molecule has 2 aliphatic rings. The van der Waals surface area contributed by atoms with Crippen molar-refractivity contribution in [1.29, 1.82) is 0 Å². The van der Waals surface area contributed by atoms with Crippen molar-refractivity contribution in [1.82, 2.24) is 4.57 Å². The third kappa shape index (κ3) is 4.84. The van der Waals surface area contributed by atoms with E-state index in [2.05, 4.69) is 193 Å². The zero-order valence-electron chi connectivity index (χ0n) is 31.5. The Morgan fingerprint density at radius 1 is 0.431 bits per heavy atom. The minimum absolute atomic E-state index is 0.0341. The summed E-state index contributed by atoms with van der Waals surface area (Å²) in [4.78, 5) is 2.55. The average molecular weight is 663 g/mol. The van der Waals surface area contributed by atoms with Crippen LogP contribution in [0.2, 0.25) is 0 Å². The first-order chi connectivity index (χ1) is 24.2. The lowest BCUT2D eigenvalue weighted by atomic mass is 9.36. The van der Waals surface area contributed by atoms with E-state index in [1.165, 1.54) is 88.8 Å². The molecule has 0 amide bonds. The van der Waals surface area contributed by atoms with Crippen LogP contribution in [0.4, 0.5) is 17.1 Å². The Labute approximate surface area is 303 Å². The number of hydrogen-bond acceptors (Lipinski definition) is 1. The predicted molar refractivity (Wildman–Crippen MR) is 222 cm³/mol. The van der Waals surface area contributed by atoms with Gasteiger partial charge >= 0.3 is 0 Å². The highest BCUT2D eigenvalue weighted by atomic mass is 15.2. The van der Waals surface area contributed by atoms with E-state index < -0.39 is 0 Å². The lowest BCUT2D eigenvalue weighted by Gasteiger charge is -2.37. The zero-order chi connectivity index (χ0) is 35.6. The van der Waals surface area contributed by atoms with Gasteiger partial charge in [-0.15, -0.1) is 0 Å². The quantitative estimate of drug-likeness (QED) is 0.167. The highest BCUT2D eigenvalue weighted by molar-refractivity contribution is 7.01. The van der Waals surface area contributed by atoms with E-state index in [0.717, 1.165) is 0 Å². The Balaban J connectivity index is 1.40. The third-order valence-electron chi connectivity index (χ3n) is 11.5. The molecule has 0 unspecified atom stereocenters. The second kappa shape index (κ2) is 10.7. The molecule has 0 spiro atoms. The molecular formula is C48H47BN2. The van der Waals surface area contributed by atoms with Crippen LogP contribution in [-0.4, -0.2) is 11.3 Å². The van der Waals surface area contributed by atoms with Gasteiger partial charge in [-0.2, -0.15) is 0 Å². The van der Waals surface area contributed by atoms with Crippen LogP contribution in [0.25, 0.3) is 38.6 Å². The van der Waals surface area contributed by atoms with Gasteiger partial charge in [0.25, 0.3) is 0 Å². The first-order valence-corrected chi connectivity index (χ1v) is 18.6. The van der Waals surface area contributed by atoms with Gasteiger partial charge in [0.15, 0.2) is 0 Å². The second-order valence-electron chi connectivity index (χ2n) is 17.9. The minimum atomic E-state index is 0.0341. The number of hydrogen-bond donors (Lipinski definition) is 0. The molecule has 3 heteroatoms. The molecule has 3 heterocycles. The van der Waals surface area contributed by atoms with Gasteiger partial charge in [0.2, 0.25) is 6.71 Å². The van der Waals surface area contributed by atoms with Crippen molar-refractivity contribution in [3.05, 3.63) is 138 Å². The summed E-state index contributed by atoms with van der Waals surface area (Å²) in [6.45, 7) is 21.0. The van der Waals surface area contributed by atoms with Gasteiger partial charge in [-0.1, -0.05) is 147 Å². The highest BCUT2D eigenvalue weighted by Gasteiger charge is 2.44. The zero-order valence-corrected chi connectivity index (χ0v) is 31.5. The lowest BCUT2D eigenvalue weighted by Crippen LogP contribution is -2.55. The van der Waals surface area contributed by atoms with E-state index in [-0.39, 0.29) is 23.0 Å². The van der Waals surface area contributed by atoms with Gasteiger partial charge in [-0.25, -0.2) is 0 Å². The smallest absolute Gasteiger partial charge is 0.248 e. The number of para-hydroxylation sites is 2. The number of rotatable bonds is 2. The topological polar surface area (TPSA) is 8.17 Å². The molecule has 252 valence electrons. The fraction of sp³-hybridized carbons (Fsp3) is 0.250. The van der Waals surface area contributed by atoms with Crippen molar-refractivity contribution >= 4 is 62.0 Å². The first kappa shape index (κ1) is 31.9. The third-order valence-corrected chi connectivity index (χ3v) is 11.5. The van der Waals surface area contributed by atoms with Crippen LogP contribution in [0, 0.1) is 0 Å². The minimum Gasteiger partial charge on any atom is -0.311 e. The Kier molecular flexibility index (Phi) is 6.73. The van der Waals surface area contributed by atoms with E-state index in [4.69, 9.17) is 0 Å². The summed E-state index contributed by atoms with van der Waals surface area (Å²) in [7, 11) is 0. The van der Waals surface area contributed by atoms with E-state index in [1.807, 2.05) is 0 Å². The Hall–Kier alpha value is -5.02. The SMILES string of the molecule is CC(C)(C)c1ccc(N2c3ccc(C(C)(C)C)cc3B3c4cc(C(C)(C)C)ccc4-c4cc(-n5c6ccccc6c6ccccc65)cc2c43)cc1. The van der Waals surface area contributed by atoms with Gasteiger partial charge in [0, 0.05) is 33.5 Å². The largest absolute Gasteiger partial charge is 0.311 e. The van der Waals surface area contributed by atoms with Gasteiger partial charge in [-0.3, -0.25) is 0 Å². The molecule has 2 aliphatic heterocycles. The molecule has 2 nitrogen and oxygen atoms in total. The van der Waals surface area contributed by atoms with Crippen LogP contribution < -0.4 is 21.3 Å². The molecule has 9 rings (SSSR count). The molecule has 0 saturated carbocycles. The summed E-state index contributed by atoms with van der Waals surface area (Å²) in [5.74, 6) is 0. The summed E-state index contributed by atoms with van der Waals surface area (Å²) in [6, 6.07) is 46.6. The predicted octanol–water partition coefficient (Wildman–Crippen LogP) is 11.0. The molecule has 7 aromatic rings. The summed E-state index contributed by atoms with van der Waals surface area (Å²) in [6.07, 6.45) is 0. The van der Waals surface area contributed by atoms with Crippen molar-refractivity contribution in [3.8, 4) is 16.8 Å². The molecule has 0 saturated heterocycles. The maximum absolute atomic E-state index is 2.55. The van der Waals surface area contributed by atoms with E-state index in [0.29, 0.717) is 0 Å². The van der Waals surface area contributed by atoms with Crippen molar-refractivity contribution in [2.75, 3.05) is 4.90 Å². The van der Waals surface area contributed by atoms with Crippen molar-refractivity contribution in [2.24, 2.45) is 0 Å². The standard InChI is InChI=1S/C48H47BN2/c1-46(2,3)30-18-22-33(23-19-30)50-43-25-21-32(48(7,8)9)27-40(43)49-39-26-31(47(4,5)6)20-24-35(39)38-28-34(29-44(50)45(38)49)51-41-16-12-10-14-36(41)37-15-11-13-17-42(37)51/h10-29H,1-9H3. The summed E-state index contributed by atoms with van der Waals surface area (Å²) >= 11 is 0. The molecule has 0 N–H and O–H groups in total. The van der Waals surface area contributed by atoms with Gasteiger partial charge in [0.1, 0.15) is 0 Å². The number of aromatic nitrogens is 1. The molecule has 0 bridgehead atoms. The van der Waals surface area contributed by atoms with Crippen LogP contribution in [0.3, 0.4) is 0 Å². The van der Waals surface area contributed by atoms with E-state index in [1.54, 1.807) is 0 Å². The van der Waals surface area contributed by atoms with Crippen LogP contribution >= 0.6 is 0 Å². The van der Waals surface area contributed by atoms with Crippen LogP contribution in [0.1, 0.15) is 79.0 Å². The summed E-state index contributed by atoms with van der Waals surface area (Å²) in [5.41, 5.74) is 18.6. The molecule has 51 heavy (non-hydrogen) atoms. The number of anilines is 3. The molecular weight excluding hydrogens is 615 g/mol. The highest BCUT2D eigenvalue weighted by Crippen LogP contribution is 2.44. The number of nitrogens with zero attached hydrogens (tertiary/aromatic N) is 2. The van der Waals surface area contributed by atoms with Gasteiger partial charge in [-0.05, 0) is 97.5 Å². The van der Waals surface area contributed by atoms with Gasteiger partial charge < -0.3 is 9.47 Å². The van der Waals surface area contributed by atoms with E-state index >= 15 is 0 Å². The Bertz CT molecular complexity index is 2480.